The molecule has 1 fully saturated rings. The van der Waals surface area contributed by atoms with Crippen molar-refractivity contribution in [2.24, 2.45) is 11.5 Å². The molecule has 5 atom stereocenters. The van der Waals surface area contributed by atoms with Gasteiger partial charge in [0.1, 0.15) is 23.8 Å². The van der Waals surface area contributed by atoms with Crippen LogP contribution in [0.15, 0.2) is 59.5 Å². The molecule has 3 rings (SSSR count). The number of aryl methyl sites for hydroxylation is 1. The number of nitrogens with two attached hydrogens (primary N) is 2. The molecule has 1 aliphatic heterocycles. The number of rotatable bonds is 6. The summed E-state index contributed by atoms with van der Waals surface area (Å²) in [7, 11) is 0. The quantitative estimate of drug-likeness (QED) is 0.811. The van der Waals surface area contributed by atoms with Gasteiger partial charge in [-0.1, -0.05) is 59.8 Å². The van der Waals surface area contributed by atoms with Crippen molar-refractivity contribution < 1.29 is 13.9 Å². The highest BCUT2D eigenvalue weighted by Gasteiger charge is 2.45. The molecule has 0 amide bonds. The van der Waals surface area contributed by atoms with E-state index < -0.39 is 29.9 Å². The standard InChI is InChI=1S/C20H25FN2O2S/c1-13-7-9-15(10-8-13)26-20-18(23)17(21)19(16(11-22)25-20)24-12-14-5-3-2-4-6-14/h2-10,16-20H,11-12,22-23H2,1H3/t16-,17-,18-,19-,20+/m1/s1. The van der Waals surface area contributed by atoms with Crippen LogP contribution in [0.1, 0.15) is 11.1 Å². The van der Waals surface area contributed by atoms with E-state index in [0.29, 0.717) is 6.61 Å². The number of alkyl halides is 1. The molecule has 0 radical (unpaired) electrons. The van der Waals surface area contributed by atoms with Gasteiger partial charge in [0.15, 0.2) is 0 Å². The Hall–Kier alpha value is -1.44. The molecule has 0 aliphatic carbocycles. The van der Waals surface area contributed by atoms with Crippen LogP contribution in [0.2, 0.25) is 0 Å². The minimum Gasteiger partial charge on any atom is -0.368 e. The lowest BCUT2D eigenvalue weighted by atomic mass is 9.99. The van der Waals surface area contributed by atoms with Gasteiger partial charge in [0.05, 0.1) is 12.6 Å². The highest BCUT2D eigenvalue weighted by Crippen LogP contribution is 2.34. The zero-order valence-corrected chi connectivity index (χ0v) is 15.6. The molecule has 26 heavy (non-hydrogen) atoms. The summed E-state index contributed by atoms with van der Waals surface area (Å²) >= 11 is 1.42. The van der Waals surface area contributed by atoms with Gasteiger partial charge in [-0.2, -0.15) is 0 Å². The van der Waals surface area contributed by atoms with Crippen LogP contribution in [0.5, 0.6) is 0 Å². The Bertz CT molecular complexity index is 684. The smallest absolute Gasteiger partial charge is 0.147 e. The molecular formula is C20H25FN2O2S. The highest BCUT2D eigenvalue weighted by molar-refractivity contribution is 7.99. The fourth-order valence-corrected chi connectivity index (χ4v) is 3.99. The van der Waals surface area contributed by atoms with Crippen molar-refractivity contribution in [1.29, 1.82) is 0 Å². The highest BCUT2D eigenvalue weighted by atomic mass is 32.2. The molecule has 1 saturated heterocycles. The molecule has 1 aliphatic rings. The Balaban J connectivity index is 1.65. The van der Waals surface area contributed by atoms with Crippen LogP contribution in [-0.2, 0) is 16.1 Å². The van der Waals surface area contributed by atoms with Gasteiger partial charge in [0.25, 0.3) is 0 Å². The van der Waals surface area contributed by atoms with Gasteiger partial charge in [-0.3, -0.25) is 0 Å². The van der Waals surface area contributed by atoms with E-state index in [0.717, 1.165) is 10.5 Å². The Labute approximate surface area is 158 Å². The molecule has 4 nitrogen and oxygen atoms in total. The van der Waals surface area contributed by atoms with Crippen LogP contribution in [0.4, 0.5) is 4.39 Å². The fraction of sp³-hybridized carbons (Fsp3) is 0.400. The molecule has 0 aromatic heterocycles. The molecule has 1 heterocycles. The van der Waals surface area contributed by atoms with E-state index in [1.54, 1.807) is 0 Å². The zero-order valence-electron chi connectivity index (χ0n) is 14.8. The number of thioether (sulfide) groups is 1. The first-order chi connectivity index (χ1) is 12.6. The number of hydrogen-bond acceptors (Lipinski definition) is 5. The Kier molecular flexibility index (Phi) is 6.67. The lowest BCUT2D eigenvalue weighted by Gasteiger charge is -2.41. The third kappa shape index (κ3) is 4.64. The van der Waals surface area contributed by atoms with Crippen LogP contribution in [0, 0.1) is 6.92 Å². The summed E-state index contributed by atoms with van der Waals surface area (Å²) < 4.78 is 26.8. The van der Waals surface area contributed by atoms with Crippen molar-refractivity contribution in [1.82, 2.24) is 0 Å². The Morgan fingerprint density at radius 2 is 1.81 bits per heavy atom. The first kappa shape index (κ1) is 19.3. The maximum atomic E-state index is 15.0. The van der Waals surface area contributed by atoms with Crippen LogP contribution in [-0.4, -0.2) is 36.4 Å². The largest absolute Gasteiger partial charge is 0.368 e. The predicted octanol–water partition coefficient (Wildman–Crippen LogP) is 3.02. The second kappa shape index (κ2) is 8.97. The molecule has 140 valence electrons. The number of halogens is 1. The number of hydrogen-bond donors (Lipinski definition) is 2. The predicted molar refractivity (Wildman–Crippen MR) is 103 cm³/mol. The number of ether oxygens (including phenoxy) is 2. The Morgan fingerprint density at radius 3 is 2.46 bits per heavy atom. The first-order valence-electron chi connectivity index (χ1n) is 8.72. The van der Waals surface area contributed by atoms with E-state index in [1.165, 1.54) is 17.3 Å². The third-order valence-electron chi connectivity index (χ3n) is 4.46. The van der Waals surface area contributed by atoms with Crippen molar-refractivity contribution in [3.63, 3.8) is 0 Å². The zero-order chi connectivity index (χ0) is 18.5. The average Bonchev–Trinajstić information content (AvgIpc) is 2.67. The maximum Gasteiger partial charge on any atom is 0.147 e. The molecule has 0 unspecified atom stereocenters. The normalized spacial score (nSPS) is 28.8. The fourth-order valence-electron chi connectivity index (χ4n) is 2.93. The average molecular weight is 376 g/mol. The van der Waals surface area contributed by atoms with Gasteiger partial charge >= 0.3 is 0 Å². The minimum atomic E-state index is -1.34. The first-order valence-corrected chi connectivity index (χ1v) is 9.60. The van der Waals surface area contributed by atoms with Crippen LogP contribution >= 0.6 is 11.8 Å². The van der Waals surface area contributed by atoms with Crippen molar-refractivity contribution in [2.45, 2.75) is 48.3 Å². The Morgan fingerprint density at radius 1 is 1.12 bits per heavy atom. The van der Waals surface area contributed by atoms with Gasteiger partial charge < -0.3 is 20.9 Å². The monoisotopic (exact) mass is 376 g/mol. The summed E-state index contributed by atoms with van der Waals surface area (Å²) in [5.74, 6) is 0. The van der Waals surface area contributed by atoms with E-state index in [2.05, 4.69) is 0 Å². The lowest BCUT2D eigenvalue weighted by molar-refractivity contribution is -0.157. The van der Waals surface area contributed by atoms with E-state index in [-0.39, 0.29) is 6.54 Å². The molecule has 0 spiro atoms. The van der Waals surface area contributed by atoms with Crippen molar-refractivity contribution in [3.05, 3.63) is 65.7 Å². The van der Waals surface area contributed by atoms with Crippen molar-refractivity contribution in [2.75, 3.05) is 6.54 Å². The molecule has 0 bridgehead atoms. The van der Waals surface area contributed by atoms with Crippen molar-refractivity contribution in [3.8, 4) is 0 Å². The van der Waals surface area contributed by atoms with Gasteiger partial charge in [0, 0.05) is 11.4 Å². The van der Waals surface area contributed by atoms with Gasteiger partial charge in [-0.15, -0.1) is 0 Å². The molecule has 6 heteroatoms. The van der Waals surface area contributed by atoms with Crippen molar-refractivity contribution >= 4 is 11.8 Å². The molecule has 2 aromatic rings. The van der Waals surface area contributed by atoms with E-state index in [1.807, 2.05) is 61.5 Å². The molecule has 2 aromatic carbocycles. The maximum absolute atomic E-state index is 15.0. The van der Waals surface area contributed by atoms with Crippen LogP contribution in [0.25, 0.3) is 0 Å². The summed E-state index contributed by atoms with van der Waals surface area (Å²) in [6, 6.07) is 16.8. The summed E-state index contributed by atoms with van der Waals surface area (Å²) in [5.41, 5.74) is 13.6. The second-order valence-corrected chi connectivity index (χ2v) is 7.66. The number of benzene rings is 2. The second-order valence-electron chi connectivity index (χ2n) is 6.49. The summed E-state index contributed by atoms with van der Waals surface area (Å²) in [4.78, 5) is 0.989. The molecular weight excluding hydrogens is 351 g/mol. The van der Waals surface area contributed by atoms with Gasteiger partial charge in [-0.25, -0.2) is 4.39 Å². The van der Waals surface area contributed by atoms with Crippen LogP contribution in [0.3, 0.4) is 0 Å². The van der Waals surface area contributed by atoms with Gasteiger partial charge in [-0.05, 0) is 24.6 Å². The molecule has 4 N–H and O–H groups in total. The topological polar surface area (TPSA) is 70.5 Å². The van der Waals surface area contributed by atoms with Crippen LogP contribution < -0.4 is 11.5 Å². The third-order valence-corrected chi connectivity index (χ3v) is 5.66. The van der Waals surface area contributed by atoms with Gasteiger partial charge in [0.2, 0.25) is 0 Å². The van der Waals surface area contributed by atoms with E-state index in [9.17, 15) is 4.39 Å². The van der Waals surface area contributed by atoms with E-state index in [4.69, 9.17) is 20.9 Å². The SMILES string of the molecule is Cc1ccc(S[C@@H]2O[C@H](CN)[C@@H](OCc3ccccc3)[C@H](F)[C@H]2N)cc1. The lowest BCUT2D eigenvalue weighted by Crippen LogP contribution is -2.60. The summed E-state index contributed by atoms with van der Waals surface area (Å²) in [6.45, 7) is 2.50. The summed E-state index contributed by atoms with van der Waals surface area (Å²) in [6.07, 6.45) is -2.65. The summed E-state index contributed by atoms with van der Waals surface area (Å²) in [5, 5.41) is 0. The van der Waals surface area contributed by atoms with E-state index >= 15 is 0 Å². The molecule has 0 saturated carbocycles. The minimum absolute atomic E-state index is 0.178.